The summed E-state index contributed by atoms with van der Waals surface area (Å²) in [4.78, 5) is 14.3. The van der Waals surface area contributed by atoms with E-state index in [1.807, 2.05) is 48.5 Å². The molecule has 2 amide bonds. The number of hydrogen-bond acceptors (Lipinski definition) is 1. The topological polar surface area (TPSA) is 32.3 Å². The summed E-state index contributed by atoms with van der Waals surface area (Å²) in [6, 6.07) is 23.0. The van der Waals surface area contributed by atoms with Gasteiger partial charge in [-0.15, -0.1) is 0 Å². The fourth-order valence-corrected chi connectivity index (χ4v) is 2.75. The van der Waals surface area contributed by atoms with Crippen molar-refractivity contribution in [2.75, 3.05) is 5.32 Å². The van der Waals surface area contributed by atoms with E-state index in [1.54, 1.807) is 17.0 Å². The Bertz CT molecular complexity index is 895. The summed E-state index contributed by atoms with van der Waals surface area (Å²) in [5.41, 5.74) is 1.49. The van der Waals surface area contributed by atoms with E-state index in [0.29, 0.717) is 17.8 Å². The van der Waals surface area contributed by atoms with Gasteiger partial charge in [-0.1, -0.05) is 60.7 Å². The summed E-state index contributed by atoms with van der Waals surface area (Å²) >= 11 is 0. The van der Waals surface area contributed by atoms with Gasteiger partial charge in [0.05, 0.1) is 5.56 Å². The zero-order chi connectivity index (χ0) is 20.0. The lowest BCUT2D eigenvalue weighted by Crippen LogP contribution is -2.34. The molecular formula is C22H19F3N2O. The summed E-state index contributed by atoms with van der Waals surface area (Å²) in [6.45, 7) is 0.520. The number of para-hydroxylation sites is 1. The van der Waals surface area contributed by atoms with Crippen molar-refractivity contribution in [2.45, 2.75) is 19.3 Å². The van der Waals surface area contributed by atoms with Gasteiger partial charge in [0.2, 0.25) is 0 Å². The maximum absolute atomic E-state index is 12.8. The van der Waals surface area contributed by atoms with E-state index in [1.165, 1.54) is 12.1 Å². The van der Waals surface area contributed by atoms with Gasteiger partial charge in [-0.3, -0.25) is 0 Å². The van der Waals surface area contributed by atoms with Crippen molar-refractivity contribution in [3.05, 3.63) is 102 Å². The Morgan fingerprint density at radius 3 is 1.79 bits per heavy atom. The van der Waals surface area contributed by atoms with Crippen LogP contribution in [0.1, 0.15) is 16.7 Å². The highest BCUT2D eigenvalue weighted by Gasteiger charge is 2.30. The van der Waals surface area contributed by atoms with Gasteiger partial charge in [-0.25, -0.2) is 4.79 Å². The molecule has 0 saturated carbocycles. The van der Waals surface area contributed by atoms with Gasteiger partial charge in [0, 0.05) is 18.8 Å². The first-order valence-corrected chi connectivity index (χ1v) is 8.73. The standard InChI is InChI=1S/C22H19F3N2O/c23-22(24,25)19-13-11-18(12-14-19)16-27(15-17-7-3-1-4-8-17)21(28)26-20-9-5-2-6-10-20/h1-14H,15-16H2,(H,26,28). The Balaban J connectivity index is 1.78. The van der Waals surface area contributed by atoms with Crippen molar-refractivity contribution in [3.63, 3.8) is 0 Å². The number of rotatable bonds is 5. The number of nitrogens with one attached hydrogen (secondary N) is 1. The van der Waals surface area contributed by atoms with Gasteiger partial charge in [-0.05, 0) is 35.4 Å². The zero-order valence-corrected chi connectivity index (χ0v) is 15.0. The highest BCUT2D eigenvalue weighted by Crippen LogP contribution is 2.29. The number of urea groups is 1. The molecule has 0 aliphatic heterocycles. The summed E-state index contributed by atoms with van der Waals surface area (Å²) in [6.07, 6.45) is -4.38. The van der Waals surface area contributed by atoms with Gasteiger partial charge in [-0.2, -0.15) is 13.2 Å². The van der Waals surface area contributed by atoms with Gasteiger partial charge in [0.25, 0.3) is 0 Å². The minimum atomic E-state index is -4.38. The average molecular weight is 384 g/mol. The third-order valence-corrected chi connectivity index (χ3v) is 4.18. The van der Waals surface area contributed by atoms with Crippen LogP contribution in [0.5, 0.6) is 0 Å². The van der Waals surface area contributed by atoms with Gasteiger partial charge in [0.1, 0.15) is 0 Å². The number of carbonyl (C=O) groups excluding carboxylic acids is 1. The summed E-state index contributed by atoms with van der Waals surface area (Å²) < 4.78 is 38.3. The zero-order valence-electron chi connectivity index (χ0n) is 15.0. The predicted molar refractivity (Wildman–Crippen MR) is 103 cm³/mol. The molecule has 1 N–H and O–H groups in total. The molecule has 28 heavy (non-hydrogen) atoms. The van der Waals surface area contributed by atoms with Crippen molar-refractivity contribution in [1.82, 2.24) is 4.90 Å². The van der Waals surface area contributed by atoms with E-state index in [2.05, 4.69) is 5.32 Å². The minimum Gasteiger partial charge on any atom is -0.316 e. The number of nitrogens with zero attached hydrogens (tertiary/aromatic N) is 1. The SMILES string of the molecule is O=C(Nc1ccccc1)N(Cc1ccccc1)Cc1ccc(C(F)(F)F)cc1. The molecule has 0 spiro atoms. The maximum Gasteiger partial charge on any atom is 0.416 e. The highest BCUT2D eigenvalue weighted by atomic mass is 19.4. The fraction of sp³-hybridized carbons (Fsp3) is 0.136. The molecule has 0 saturated heterocycles. The van der Waals surface area contributed by atoms with Crippen LogP contribution in [0.25, 0.3) is 0 Å². The van der Waals surface area contributed by atoms with Gasteiger partial charge >= 0.3 is 12.2 Å². The van der Waals surface area contributed by atoms with Crippen LogP contribution < -0.4 is 5.32 Å². The summed E-state index contributed by atoms with van der Waals surface area (Å²) in [5, 5.41) is 2.83. The number of benzene rings is 3. The molecule has 3 rings (SSSR count). The van der Waals surface area contributed by atoms with Gasteiger partial charge < -0.3 is 10.2 Å². The third kappa shape index (κ3) is 5.36. The maximum atomic E-state index is 12.8. The highest BCUT2D eigenvalue weighted by molar-refractivity contribution is 5.89. The molecule has 3 nitrogen and oxygen atoms in total. The number of carbonyl (C=O) groups is 1. The quantitative estimate of drug-likeness (QED) is 0.580. The molecule has 0 heterocycles. The molecule has 0 aliphatic carbocycles. The van der Waals surface area contributed by atoms with Crippen molar-refractivity contribution in [2.24, 2.45) is 0 Å². The predicted octanol–water partition coefficient (Wildman–Crippen LogP) is 5.94. The molecule has 144 valence electrons. The van der Waals surface area contributed by atoms with Crippen LogP contribution in [0.2, 0.25) is 0 Å². The molecule has 3 aromatic carbocycles. The second-order valence-corrected chi connectivity index (χ2v) is 6.33. The first kappa shape index (κ1) is 19.5. The van der Waals surface area contributed by atoms with E-state index >= 15 is 0 Å². The second-order valence-electron chi connectivity index (χ2n) is 6.33. The van der Waals surface area contributed by atoms with E-state index in [-0.39, 0.29) is 12.6 Å². The largest absolute Gasteiger partial charge is 0.416 e. The molecule has 3 aromatic rings. The molecule has 0 aliphatic rings. The Labute approximate surface area is 161 Å². The Hall–Kier alpha value is -3.28. The molecule has 0 radical (unpaired) electrons. The number of halogens is 3. The van der Waals surface area contributed by atoms with Crippen LogP contribution in [0.15, 0.2) is 84.9 Å². The third-order valence-electron chi connectivity index (χ3n) is 4.18. The number of hydrogen-bond donors (Lipinski definition) is 1. The molecule has 0 aromatic heterocycles. The second kappa shape index (κ2) is 8.61. The van der Waals surface area contributed by atoms with Crippen LogP contribution >= 0.6 is 0 Å². The molecule has 0 unspecified atom stereocenters. The molecular weight excluding hydrogens is 365 g/mol. The van der Waals surface area contributed by atoms with Crippen LogP contribution in [-0.2, 0) is 19.3 Å². The first-order valence-electron chi connectivity index (χ1n) is 8.73. The lowest BCUT2D eigenvalue weighted by molar-refractivity contribution is -0.137. The normalized spacial score (nSPS) is 11.1. The van der Waals surface area contributed by atoms with Crippen molar-refractivity contribution in [1.29, 1.82) is 0 Å². The number of anilines is 1. The van der Waals surface area contributed by atoms with Crippen LogP contribution in [0.3, 0.4) is 0 Å². The number of amides is 2. The minimum absolute atomic E-state index is 0.186. The van der Waals surface area contributed by atoms with Crippen LogP contribution in [0, 0.1) is 0 Å². The molecule has 0 fully saturated rings. The Morgan fingerprint density at radius 1 is 0.750 bits per heavy atom. The van der Waals surface area contributed by atoms with E-state index in [9.17, 15) is 18.0 Å². The first-order chi connectivity index (χ1) is 13.4. The van der Waals surface area contributed by atoms with E-state index < -0.39 is 11.7 Å². The van der Waals surface area contributed by atoms with Crippen molar-refractivity contribution < 1.29 is 18.0 Å². The Morgan fingerprint density at radius 2 is 1.25 bits per heavy atom. The van der Waals surface area contributed by atoms with E-state index in [4.69, 9.17) is 0 Å². The van der Waals surface area contributed by atoms with Crippen LogP contribution in [0.4, 0.5) is 23.7 Å². The van der Waals surface area contributed by atoms with Crippen LogP contribution in [-0.4, -0.2) is 10.9 Å². The smallest absolute Gasteiger partial charge is 0.316 e. The Kier molecular flexibility index (Phi) is 5.99. The molecule has 6 heteroatoms. The summed E-state index contributed by atoms with van der Waals surface area (Å²) in [7, 11) is 0. The fourth-order valence-electron chi connectivity index (χ4n) is 2.75. The lowest BCUT2D eigenvalue weighted by Gasteiger charge is -2.24. The molecule has 0 bridgehead atoms. The number of alkyl halides is 3. The van der Waals surface area contributed by atoms with E-state index in [0.717, 1.165) is 17.7 Å². The van der Waals surface area contributed by atoms with Crippen molar-refractivity contribution >= 4 is 11.7 Å². The van der Waals surface area contributed by atoms with Gasteiger partial charge in [0.15, 0.2) is 0 Å². The van der Waals surface area contributed by atoms with Crippen molar-refractivity contribution in [3.8, 4) is 0 Å². The monoisotopic (exact) mass is 384 g/mol. The summed E-state index contributed by atoms with van der Waals surface area (Å²) in [5.74, 6) is 0. The molecule has 0 atom stereocenters. The lowest BCUT2D eigenvalue weighted by atomic mass is 10.1. The average Bonchev–Trinajstić information content (AvgIpc) is 2.69.